The summed E-state index contributed by atoms with van der Waals surface area (Å²) in [6.07, 6.45) is 4.09. The molecule has 0 saturated heterocycles. The van der Waals surface area contributed by atoms with Gasteiger partial charge in [0, 0.05) is 17.9 Å². The number of hydrogen-bond acceptors (Lipinski definition) is 3. The van der Waals surface area contributed by atoms with Crippen LogP contribution in [0.5, 0.6) is 5.75 Å². The van der Waals surface area contributed by atoms with E-state index in [9.17, 15) is 5.11 Å². The minimum Gasteiger partial charge on any atom is -0.493 e. The van der Waals surface area contributed by atoms with Crippen LogP contribution in [-0.4, -0.2) is 29.8 Å². The highest BCUT2D eigenvalue weighted by molar-refractivity contribution is 7.98. The lowest BCUT2D eigenvalue weighted by atomic mass is 10.0. The van der Waals surface area contributed by atoms with Crippen LogP contribution in [-0.2, 0) is 12.8 Å². The first-order valence-electron chi connectivity index (χ1n) is 5.82. The second kappa shape index (κ2) is 5.98. The Morgan fingerprint density at radius 2 is 2.35 bits per heavy atom. The number of fused-ring (bicyclic) bond motifs is 1. The molecule has 0 aromatic heterocycles. The van der Waals surface area contributed by atoms with E-state index in [2.05, 4.69) is 0 Å². The van der Waals surface area contributed by atoms with Gasteiger partial charge in [-0.1, -0.05) is 11.6 Å². The Morgan fingerprint density at radius 1 is 1.53 bits per heavy atom. The molecule has 1 aliphatic heterocycles. The molecule has 1 unspecified atom stereocenters. The summed E-state index contributed by atoms with van der Waals surface area (Å²) in [5, 5.41) is 10.7. The molecule has 0 aliphatic carbocycles. The molecule has 2 rings (SSSR count). The zero-order valence-corrected chi connectivity index (χ0v) is 11.5. The van der Waals surface area contributed by atoms with Gasteiger partial charge in [-0.25, -0.2) is 0 Å². The van der Waals surface area contributed by atoms with E-state index < -0.39 is 0 Å². The van der Waals surface area contributed by atoms with E-state index in [-0.39, 0.29) is 6.10 Å². The van der Waals surface area contributed by atoms with Crippen molar-refractivity contribution in [2.45, 2.75) is 25.4 Å². The van der Waals surface area contributed by atoms with E-state index in [1.54, 1.807) is 11.8 Å². The van der Waals surface area contributed by atoms with E-state index in [1.807, 2.05) is 18.4 Å². The van der Waals surface area contributed by atoms with Crippen LogP contribution in [0.4, 0.5) is 0 Å². The first-order chi connectivity index (χ1) is 8.20. The van der Waals surface area contributed by atoms with Gasteiger partial charge in [-0.05, 0) is 41.7 Å². The highest BCUT2D eigenvalue weighted by Crippen LogP contribution is 2.33. The van der Waals surface area contributed by atoms with Crippen LogP contribution in [0.25, 0.3) is 0 Å². The fraction of sp³-hybridized carbons (Fsp3) is 0.538. The summed E-state index contributed by atoms with van der Waals surface area (Å²) in [5.41, 5.74) is 2.21. The van der Waals surface area contributed by atoms with Gasteiger partial charge in [0.05, 0.1) is 12.7 Å². The molecule has 0 amide bonds. The Balaban J connectivity index is 2.10. The van der Waals surface area contributed by atoms with Crippen LogP contribution in [0, 0.1) is 0 Å². The van der Waals surface area contributed by atoms with Gasteiger partial charge in [0.1, 0.15) is 5.75 Å². The van der Waals surface area contributed by atoms with E-state index >= 15 is 0 Å². The van der Waals surface area contributed by atoms with Gasteiger partial charge in [-0.2, -0.15) is 11.8 Å². The molecule has 0 bridgehead atoms. The smallest absolute Gasteiger partial charge is 0.126 e. The monoisotopic (exact) mass is 272 g/mol. The van der Waals surface area contributed by atoms with Crippen LogP contribution in [0.3, 0.4) is 0 Å². The molecular formula is C13H17ClO2S. The Hall–Kier alpha value is -0.380. The number of ether oxygens (including phenoxy) is 1. The summed E-state index contributed by atoms with van der Waals surface area (Å²) in [6.45, 7) is 0.726. The number of halogens is 1. The fourth-order valence-electron chi connectivity index (χ4n) is 2.11. The summed E-state index contributed by atoms with van der Waals surface area (Å²) >= 11 is 7.83. The molecule has 1 heterocycles. The zero-order valence-electron chi connectivity index (χ0n) is 9.91. The van der Waals surface area contributed by atoms with Crippen LogP contribution >= 0.6 is 23.4 Å². The maximum absolute atomic E-state index is 9.94. The van der Waals surface area contributed by atoms with Crippen molar-refractivity contribution in [3.05, 3.63) is 28.3 Å². The molecule has 0 radical (unpaired) electrons. The Labute approximate surface area is 111 Å². The number of rotatable bonds is 5. The Morgan fingerprint density at radius 3 is 3.12 bits per heavy atom. The predicted octanol–water partition coefficient (Wildman–Crippen LogP) is 2.93. The minimum absolute atomic E-state index is 0.311. The van der Waals surface area contributed by atoms with E-state index in [0.717, 1.165) is 41.5 Å². The predicted molar refractivity (Wildman–Crippen MR) is 73.4 cm³/mol. The Kier molecular flexibility index (Phi) is 4.60. The third-order valence-corrected chi connectivity index (χ3v) is 3.80. The summed E-state index contributed by atoms with van der Waals surface area (Å²) in [7, 11) is 0. The quantitative estimate of drug-likeness (QED) is 0.894. The third-order valence-electron chi connectivity index (χ3n) is 2.94. The second-order valence-corrected chi connectivity index (χ2v) is 5.71. The van der Waals surface area contributed by atoms with Gasteiger partial charge >= 0.3 is 0 Å². The molecule has 1 aromatic rings. The van der Waals surface area contributed by atoms with Crippen LogP contribution in [0.2, 0.25) is 5.02 Å². The standard InChI is InChI=1S/C13H17ClO2S/c1-17-5-3-12(15)8-10-7-11(14)6-9-2-4-16-13(9)10/h6-7,12,15H,2-5,8H2,1H3. The lowest BCUT2D eigenvalue weighted by Gasteiger charge is -2.13. The van der Waals surface area contributed by atoms with Gasteiger partial charge in [-0.15, -0.1) is 0 Å². The number of aliphatic hydroxyl groups excluding tert-OH is 1. The number of benzene rings is 1. The van der Waals surface area contributed by atoms with Gasteiger partial charge in [0.15, 0.2) is 0 Å². The minimum atomic E-state index is -0.311. The summed E-state index contributed by atoms with van der Waals surface area (Å²) in [5.74, 6) is 1.92. The maximum atomic E-state index is 9.94. The molecular weight excluding hydrogens is 256 g/mol. The first kappa shape index (κ1) is 13.1. The zero-order chi connectivity index (χ0) is 12.3. The van der Waals surface area contributed by atoms with Crippen LogP contribution < -0.4 is 4.74 Å². The molecule has 2 nitrogen and oxygen atoms in total. The molecule has 1 aromatic carbocycles. The topological polar surface area (TPSA) is 29.5 Å². The highest BCUT2D eigenvalue weighted by Gasteiger charge is 2.19. The highest BCUT2D eigenvalue weighted by atomic mass is 35.5. The molecule has 0 fully saturated rings. The summed E-state index contributed by atoms with van der Waals surface area (Å²) in [6, 6.07) is 3.87. The van der Waals surface area contributed by atoms with E-state index in [0.29, 0.717) is 6.42 Å². The van der Waals surface area contributed by atoms with Crippen LogP contribution in [0.15, 0.2) is 12.1 Å². The Bertz CT molecular complexity index is 395. The normalized spacial score (nSPS) is 15.5. The first-order valence-corrected chi connectivity index (χ1v) is 7.59. The molecule has 17 heavy (non-hydrogen) atoms. The average molecular weight is 273 g/mol. The number of aliphatic hydroxyl groups is 1. The molecule has 0 saturated carbocycles. The van der Waals surface area contributed by atoms with E-state index in [4.69, 9.17) is 16.3 Å². The van der Waals surface area contributed by atoms with Crippen molar-refractivity contribution in [1.82, 2.24) is 0 Å². The average Bonchev–Trinajstić information content (AvgIpc) is 2.74. The molecule has 1 aliphatic rings. The van der Waals surface area contributed by atoms with Gasteiger partial charge in [0.2, 0.25) is 0 Å². The van der Waals surface area contributed by atoms with E-state index in [1.165, 1.54) is 5.56 Å². The summed E-state index contributed by atoms with van der Waals surface area (Å²) < 4.78 is 5.61. The summed E-state index contributed by atoms with van der Waals surface area (Å²) in [4.78, 5) is 0. The fourth-order valence-corrected chi connectivity index (χ4v) is 2.88. The number of hydrogen-bond donors (Lipinski definition) is 1. The van der Waals surface area contributed by atoms with Crippen molar-refractivity contribution in [3.63, 3.8) is 0 Å². The van der Waals surface area contributed by atoms with Crippen molar-refractivity contribution in [3.8, 4) is 5.75 Å². The van der Waals surface area contributed by atoms with Crippen LogP contribution in [0.1, 0.15) is 17.5 Å². The maximum Gasteiger partial charge on any atom is 0.126 e. The largest absolute Gasteiger partial charge is 0.493 e. The van der Waals surface area contributed by atoms with Crippen molar-refractivity contribution in [2.75, 3.05) is 18.6 Å². The van der Waals surface area contributed by atoms with Gasteiger partial charge in [0.25, 0.3) is 0 Å². The molecule has 1 N–H and O–H groups in total. The molecule has 94 valence electrons. The van der Waals surface area contributed by atoms with Crippen molar-refractivity contribution < 1.29 is 9.84 Å². The molecule has 4 heteroatoms. The van der Waals surface area contributed by atoms with Crippen molar-refractivity contribution in [1.29, 1.82) is 0 Å². The number of thioether (sulfide) groups is 1. The third kappa shape index (κ3) is 3.30. The van der Waals surface area contributed by atoms with Crippen molar-refractivity contribution >= 4 is 23.4 Å². The van der Waals surface area contributed by atoms with Crippen molar-refractivity contribution in [2.24, 2.45) is 0 Å². The lowest BCUT2D eigenvalue weighted by molar-refractivity contribution is 0.171. The lowest BCUT2D eigenvalue weighted by Crippen LogP contribution is -2.12. The van der Waals surface area contributed by atoms with Gasteiger partial charge < -0.3 is 9.84 Å². The molecule has 0 spiro atoms. The van der Waals surface area contributed by atoms with Gasteiger partial charge in [-0.3, -0.25) is 0 Å². The molecule has 1 atom stereocenters. The SMILES string of the molecule is CSCCC(O)Cc1cc(Cl)cc2c1OCC2. The second-order valence-electron chi connectivity index (χ2n) is 4.29.